The van der Waals surface area contributed by atoms with Gasteiger partial charge >= 0.3 is 0 Å². The van der Waals surface area contributed by atoms with Gasteiger partial charge in [0.1, 0.15) is 0 Å². The summed E-state index contributed by atoms with van der Waals surface area (Å²) >= 11 is 0. The Morgan fingerprint density at radius 2 is 1.67 bits per heavy atom. The van der Waals surface area contributed by atoms with Crippen LogP contribution in [0.4, 0.5) is 0 Å². The molecule has 1 aromatic rings. The first-order valence-electron chi connectivity index (χ1n) is 6.23. The zero-order valence-electron chi connectivity index (χ0n) is 12.7. The number of amides is 1. The lowest BCUT2D eigenvalue weighted by atomic mass is 10.2. The molecule has 21 heavy (non-hydrogen) atoms. The van der Waals surface area contributed by atoms with E-state index in [9.17, 15) is 13.2 Å². The van der Waals surface area contributed by atoms with E-state index in [1.54, 1.807) is 11.9 Å². The molecule has 8 heteroatoms. The molecule has 0 aliphatic heterocycles. The molecule has 0 aliphatic rings. The Labute approximate surface area is 132 Å². The maximum Gasteiger partial charge on any atom is 0.253 e. The molecular weight excluding hydrogens is 314 g/mol. The van der Waals surface area contributed by atoms with E-state index in [1.165, 1.54) is 38.4 Å². The second kappa shape index (κ2) is 8.33. The molecule has 0 radical (unpaired) electrons. The average Bonchev–Trinajstić information content (AvgIpc) is 2.43. The predicted octanol–water partition coefficient (Wildman–Crippen LogP) is 0.650. The highest BCUT2D eigenvalue weighted by molar-refractivity contribution is 7.89. The minimum atomic E-state index is -3.46. The van der Waals surface area contributed by atoms with Crippen molar-refractivity contribution in [3.63, 3.8) is 0 Å². The highest BCUT2D eigenvalue weighted by atomic mass is 35.5. The van der Waals surface area contributed by atoms with Crippen LogP contribution in [0.1, 0.15) is 10.4 Å². The molecule has 120 valence electrons. The Kier molecular flexibility index (Phi) is 7.87. The standard InChI is InChI=1S/C13H21N3O3S.ClH/c1-14-9-10-16(4)13(17)11-5-7-12(8-6-11)20(18,19)15(2)3;/h5-8,14H,9-10H2,1-4H3;1H. The summed E-state index contributed by atoms with van der Waals surface area (Å²) in [6.45, 7) is 1.29. The maximum absolute atomic E-state index is 12.1. The van der Waals surface area contributed by atoms with Crippen LogP contribution in [0.5, 0.6) is 0 Å². The highest BCUT2D eigenvalue weighted by Gasteiger charge is 2.18. The Balaban J connectivity index is 0.00000400. The minimum absolute atomic E-state index is 0. The molecule has 0 aliphatic carbocycles. The SMILES string of the molecule is CNCCN(C)C(=O)c1ccc(S(=O)(=O)N(C)C)cc1.Cl. The van der Waals surface area contributed by atoms with Gasteiger partial charge in [0.15, 0.2) is 0 Å². The van der Waals surface area contributed by atoms with E-state index in [4.69, 9.17) is 0 Å². The molecule has 6 nitrogen and oxygen atoms in total. The Morgan fingerprint density at radius 1 is 1.14 bits per heavy atom. The largest absolute Gasteiger partial charge is 0.340 e. The fourth-order valence-corrected chi connectivity index (χ4v) is 2.48. The molecule has 0 aromatic heterocycles. The summed E-state index contributed by atoms with van der Waals surface area (Å²) in [6.07, 6.45) is 0. The molecule has 1 amide bonds. The molecular formula is C13H22ClN3O3S. The summed E-state index contributed by atoms with van der Waals surface area (Å²) in [6, 6.07) is 5.98. The highest BCUT2D eigenvalue weighted by Crippen LogP contribution is 2.14. The number of halogens is 1. The Bertz CT molecular complexity index is 559. The van der Waals surface area contributed by atoms with Gasteiger partial charge in [-0.1, -0.05) is 0 Å². The van der Waals surface area contributed by atoms with Gasteiger partial charge < -0.3 is 10.2 Å². The number of sulfonamides is 1. The van der Waals surface area contributed by atoms with Crippen LogP contribution in [0.25, 0.3) is 0 Å². The van der Waals surface area contributed by atoms with Gasteiger partial charge in [-0.05, 0) is 31.3 Å². The van der Waals surface area contributed by atoms with E-state index in [-0.39, 0.29) is 23.2 Å². The number of carbonyl (C=O) groups excluding carboxylic acids is 1. The minimum Gasteiger partial charge on any atom is -0.340 e. The van der Waals surface area contributed by atoms with Gasteiger partial charge in [-0.2, -0.15) is 0 Å². The van der Waals surface area contributed by atoms with E-state index in [0.29, 0.717) is 18.7 Å². The molecule has 1 aromatic carbocycles. The third-order valence-electron chi connectivity index (χ3n) is 2.92. The first-order chi connectivity index (χ1) is 9.30. The first-order valence-corrected chi connectivity index (χ1v) is 7.67. The molecule has 1 rings (SSSR count). The van der Waals surface area contributed by atoms with E-state index in [0.717, 1.165) is 4.31 Å². The zero-order chi connectivity index (χ0) is 15.3. The van der Waals surface area contributed by atoms with Gasteiger partial charge in [0.05, 0.1) is 4.90 Å². The fraction of sp³-hybridized carbons (Fsp3) is 0.462. The smallest absolute Gasteiger partial charge is 0.253 e. The van der Waals surface area contributed by atoms with E-state index >= 15 is 0 Å². The van der Waals surface area contributed by atoms with E-state index < -0.39 is 10.0 Å². The lowest BCUT2D eigenvalue weighted by molar-refractivity contribution is 0.0796. The van der Waals surface area contributed by atoms with Crippen molar-refractivity contribution < 1.29 is 13.2 Å². The average molecular weight is 336 g/mol. The van der Waals surface area contributed by atoms with Crippen molar-refractivity contribution in [2.45, 2.75) is 4.90 Å². The van der Waals surface area contributed by atoms with Gasteiger partial charge in [-0.3, -0.25) is 4.79 Å². The van der Waals surface area contributed by atoms with Crippen LogP contribution in [-0.4, -0.2) is 64.8 Å². The number of nitrogens with one attached hydrogen (secondary N) is 1. The van der Waals surface area contributed by atoms with Crippen molar-refractivity contribution in [1.29, 1.82) is 0 Å². The van der Waals surface area contributed by atoms with Gasteiger partial charge in [0.25, 0.3) is 5.91 Å². The van der Waals surface area contributed by atoms with E-state index in [1.807, 2.05) is 7.05 Å². The van der Waals surface area contributed by atoms with Crippen LogP contribution in [0, 0.1) is 0 Å². The number of benzene rings is 1. The molecule has 0 spiro atoms. The number of nitrogens with zero attached hydrogens (tertiary/aromatic N) is 2. The van der Waals surface area contributed by atoms with Crippen LogP contribution < -0.4 is 5.32 Å². The molecule has 0 atom stereocenters. The normalized spacial score (nSPS) is 11.1. The summed E-state index contributed by atoms with van der Waals surface area (Å²) in [5.74, 6) is -0.131. The number of likely N-dealkylation sites (N-methyl/N-ethyl adjacent to an activating group) is 2. The summed E-state index contributed by atoms with van der Waals surface area (Å²) in [4.78, 5) is 13.9. The zero-order valence-corrected chi connectivity index (χ0v) is 14.3. The summed E-state index contributed by atoms with van der Waals surface area (Å²) in [5, 5.41) is 2.97. The summed E-state index contributed by atoms with van der Waals surface area (Å²) < 4.78 is 25.0. The van der Waals surface area contributed by atoms with Crippen LogP contribution in [0.15, 0.2) is 29.2 Å². The van der Waals surface area contributed by atoms with Crippen LogP contribution >= 0.6 is 12.4 Å². The Morgan fingerprint density at radius 3 is 2.10 bits per heavy atom. The lowest BCUT2D eigenvalue weighted by Gasteiger charge is -2.17. The summed E-state index contributed by atoms with van der Waals surface area (Å²) in [5.41, 5.74) is 0.473. The number of hydrogen-bond donors (Lipinski definition) is 1. The molecule has 0 unspecified atom stereocenters. The quantitative estimate of drug-likeness (QED) is 0.828. The topological polar surface area (TPSA) is 69.7 Å². The molecule has 0 fully saturated rings. The third kappa shape index (κ3) is 4.96. The number of hydrogen-bond acceptors (Lipinski definition) is 4. The maximum atomic E-state index is 12.1. The lowest BCUT2D eigenvalue weighted by Crippen LogP contribution is -2.32. The molecule has 1 N–H and O–H groups in total. The fourth-order valence-electron chi connectivity index (χ4n) is 1.58. The van der Waals surface area contributed by atoms with Crippen LogP contribution in [-0.2, 0) is 10.0 Å². The number of carbonyl (C=O) groups is 1. The molecule has 0 saturated heterocycles. The van der Waals surface area contributed by atoms with Crippen molar-refractivity contribution in [3.8, 4) is 0 Å². The van der Waals surface area contributed by atoms with Gasteiger partial charge in [0, 0.05) is 39.8 Å². The van der Waals surface area contributed by atoms with Crippen LogP contribution in [0.2, 0.25) is 0 Å². The second-order valence-electron chi connectivity index (χ2n) is 4.64. The van der Waals surface area contributed by atoms with Crippen molar-refractivity contribution in [1.82, 2.24) is 14.5 Å². The van der Waals surface area contributed by atoms with Crippen LogP contribution in [0.3, 0.4) is 0 Å². The third-order valence-corrected chi connectivity index (χ3v) is 4.75. The second-order valence-corrected chi connectivity index (χ2v) is 6.79. The Hall–Kier alpha value is -1.15. The summed E-state index contributed by atoms with van der Waals surface area (Å²) in [7, 11) is 3.02. The monoisotopic (exact) mass is 335 g/mol. The van der Waals surface area contributed by atoms with E-state index in [2.05, 4.69) is 5.32 Å². The molecule has 0 bridgehead atoms. The molecule has 0 heterocycles. The predicted molar refractivity (Wildman–Crippen MR) is 85.5 cm³/mol. The van der Waals surface area contributed by atoms with Crippen molar-refractivity contribution in [2.24, 2.45) is 0 Å². The van der Waals surface area contributed by atoms with Gasteiger partial charge in [-0.25, -0.2) is 12.7 Å². The van der Waals surface area contributed by atoms with Gasteiger partial charge in [-0.15, -0.1) is 12.4 Å². The van der Waals surface area contributed by atoms with Gasteiger partial charge in [0.2, 0.25) is 10.0 Å². The van der Waals surface area contributed by atoms with Crippen molar-refractivity contribution in [3.05, 3.63) is 29.8 Å². The number of rotatable bonds is 6. The molecule has 0 saturated carbocycles. The van der Waals surface area contributed by atoms with Crippen molar-refractivity contribution >= 4 is 28.3 Å². The first kappa shape index (κ1) is 19.9. The van der Waals surface area contributed by atoms with Crippen molar-refractivity contribution in [2.75, 3.05) is 41.3 Å².